The molecule has 0 saturated carbocycles. The summed E-state index contributed by atoms with van der Waals surface area (Å²) >= 11 is 0. The van der Waals surface area contributed by atoms with Crippen molar-refractivity contribution in [3.05, 3.63) is 64.6 Å². The second-order valence-electron chi connectivity index (χ2n) is 14.6. The molecular weight excluding hydrogens is 594 g/mol. The van der Waals surface area contributed by atoms with Gasteiger partial charge in [0.2, 0.25) is 5.89 Å². The predicted octanol–water partition coefficient (Wildman–Crippen LogP) is 6.64. The molecule has 2 aliphatic rings. The van der Waals surface area contributed by atoms with Crippen molar-refractivity contribution in [1.82, 2.24) is 25.1 Å². The standard InChI is InChI=1S/C36H45N7O4/c1-21-29(31(42-15-12-36(7,8)13-16-42)30(22(2)39-21)32(34(44)45)47-35(4,5)6)25-9-10-26-19-43(14-11-24(26)17-25)28-18-27(37-20-38-28)33-41-40-23(3)46-33/h9-10,17-18,20,32H,11-16,19H2,1-8H3,(H,44,45)/t32-/m0/s1. The third-order valence-electron chi connectivity index (χ3n) is 9.20. The summed E-state index contributed by atoms with van der Waals surface area (Å²) in [5, 5.41) is 18.5. The number of carbonyl (C=O) groups is 1. The van der Waals surface area contributed by atoms with Gasteiger partial charge < -0.3 is 24.1 Å². The molecule has 0 bridgehead atoms. The molecule has 1 saturated heterocycles. The monoisotopic (exact) mass is 639 g/mol. The van der Waals surface area contributed by atoms with Gasteiger partial charge in [-0.3, -0.25) is 4.98 Å². The van der Waals surface area contributed by atoms with Gasteiger partial charge in [0.1, 0.15) is 17.8 Å². The number of aromatic nitrogens is 5. The quantitative estimate of drug-likeness (QED) is 0.233. The Morgan fingerprint density at radius 3 is 2.38 bits per heavy atom. The largest absolute Gasteiger partial charge is 0.479 e. The van der Waals surface area contributed by atoms with Gasteiger partial charge in [-0.25, -0.2) is 14.8 Å². The van der Waals surface area contributed by atoms with Gasteiger partial charge in [-0.1, -0.05) is 32.0 Å². The Hall–Kier alpha value is -4.38. The van der Waals surface area contributed by atoms with Gasteiger partial charge in [-0.2, -0.15) is 0 Å². The molecule has 47 heavy (non-hydrogen) atoms. The molecule has 0 unspecified atom stereocenters. The molecule has 11 nitrogen and oxygen atoms in total. The summed E-state index contributed by atoms with van der Waals surface area (Å²) in [4.78, 5) is 31.3. The van der Waals surface area contributed by atoms with Crippen molar-refractivity contribution in [3.63, 3.8) is 0 Å². The molecular formula is C36H45N7O4. The van der Waals surface area contributed by atoms with E-state index in [0.29, 0.717) is 35.3 Å². The molecule has 1 aromatic carbocycles. The number of rotatable bonds is 7. The van der Waals surface area contributed by atoms with E-state index in [1.165, 1.54) is 17.5 Å². The van der Waals surface area contributed by atoms with Crippen LogP contribution in [0.4, 0.5) is 11.5 Å². The number of piperidine rings is 1. The minimum Gasteiger partial charge on any atom is -0.479 e. The number of carboxylic acid groups (broad SMARTS) is 1. The van der Waals surface area contributed by atoms with Crippen LogP contribution in [0, 0.1) is 26.2 Å². The lowest BCUT2D eigenvalue weighted by atomic mass is 9.81. The first-order chi connectivity index (χ1) is 22.2. The van der Waals surface area contributed by atoms with Crippen LogP contribution >= 0.6 is 0 Å². The van der Waals surface area contributed by atoms with Crippen LogP contribution in [0.15, 0.2) is 35.0 Å². The summed E-state index contributed by atoms with van der Waals surface area (Å²) in [6, 6.07) is 8.48. The van der Waals surface area contributed by atoms with Crippen molar-refractivity contribution >= 4 is 17.5 Å². The third kappa shape index (κ3) is 6.86. The molecule has 0 spiro atoms. The molecule has 1 fully saturated rings. The van der Waals surface area contributed by atoms with Crippen LogP contribution in [0.5, 0.6) is 0 Å². The lowest BCUT2D eigenvalue weighted by Gasteiger charge is -2.41. The molecule has 248 valence electrons. The molecule has 3 aromatic heterocycles. The second kappa shape index (κ2) is 12.3. The number of aryl methyl sites for hydroxylation is 3. The molecule has 2 aliphatic heterocycles. The van der Waals surface area contributed by atoms with E-state index in [9.17, 15) is 9.90 Å². The van der Waals surface area contributed by atoms with Crippen molar-refractivity contribution in [2.24, 2.45) is 5.41 Å². The van der Waals surface area contributed by atoms with Crippen molar-refractivity contribution in [1.29, 1.82) is 0 Å². The minimum atomic E-state index is -1.15. The topological polar surface area (TPSA) is 131 Å². The first-order valence-electron chi connectivity index (χ1n) is 16.4. The van der Waals surface area contributed by atoms with Crippen LogP contribution in [0.3, 0.4) is 0 Å². The fraction of sp³-hybridized carbons (Fsp3) is 0.500. The van der Waals surface area contributed by atoms with Gasteiger partial charge >= 0.3 is 5.97 Å². The summed E-state index contributed by atoms with van der Waals surface area (Å²) in [6.45, 7) is 19.1. The zero-order valence-electron chi connectivity index (χ0n) is 28.7. The first-order valence-corrected chi connectivity index (χ1v) is 16.4. The van der Waals surface area contributed by atoms with E-state index in [2.05, 4.69) is 62.0 Å². The Balaban J connectivity index is 1.39. The molecule has 1 N–H and O–H groups in total. The van der Waals surface area contributed by atoms with E-state index in [0.717, 1.165) is 67.2 Å². The van der Waals surface area contributed by atoms with E-state index in [4.69, 9.17) is 14.1 Å². The average molecular weight is 640 g/mol. The van der Waals surface area contributed by atoms with Gasteiger partial charge in [0, 0.05) is 61.7 Å². The van der Waals surface area contributed by atoms with Crippen LogP contribution < -0.4 is 9.80 Å². The van der Waals surface area contributed by atoms with Gasteiger partial charge in [0.25, 0.3) is 5.89 Å². The van der Waals surface area contributed by atoms with Crippen molar-refractivity contribution in [3.8, 4) is 22.7 Å². The Kier molecular flexibility index (Phi) is 8.54. The molecule has 1 atom stereocenters. The molecule has 5 heterocycles. The number of pyridine rings is 1. The molecule has 0 radical (unpaired) electrons. The summed E-state index contributed by atoms with van der Waals surface area (Å²) in [5.74, 6) is 0.658. The van der Waals surface area contributed by atoms with Crippen LogP contribution in [0.2, 0.25) is 0 Å². The summed E-state index contributed by atoms with van der Waals surface area (Å²) in [7, 11) is 0. The first kappa shape index (κ1) is 32.6. The van der Waals surface area contributed by atoms with Crippen LogP contribution in [-0.4, -0.2) is 61.5 Å². The van der Waals surface area contributed by atoms with Crippen molar-refractivity contribution in [2.45, 2.75) is 92.9 Å². The van der Waals surface area contributed by atoms with Gasteiger partial charge in [-0.15, -0.1) is 10.2 Å². The summed E-state index contributed by atoms with van der Waals surface area (Å²) in [5.41, 5.74) is 7.82. The zero-order chi connectivity index (χ0) is 33.7. The fourth-order valence-electron chi connectivity index (χ4n) is 6.70. The van der Waals surface area contributed by atoms with Crippen LogP contribution in [0.25, 0.3) is 22.7 Å². The average Bonchev–Trinajstić information content (AvgIpc) is 3.45. The fourth-order valence-corrected chi connectivity index (χ4v) is 6.70. The van der Waals surface area contributed by atoms with Crippen LogP contribution in [-0.2, 0) is 22.5 Å². The number of hydrogen-bond acceptors (Lipinski definition) is 10. The number of hydrogen-bond donors (Lipinski definition) is 1. The summed E-state index contributed by atoms with van der Waals surface area (Å²) < 4.78 is 11.8. The predicted molar refractivity (Wildman–Crippen MR) is 180 cm³/mol. The lowest BCUT2D eigenvalue weighted by Crippen LogP contribution is -2.39. The molecule has 0 amide bonds. The van der Waals surface area contributed by atoms with E-state index >= 15 is 0 Å². The number of fused-ring (bicyclic) bond motifs is 1. The number of nitrogens with zero attached hydrogens (tertiary/aromatic N) is 7. The number of anilines is 2. The highest BCUT2D eigenvalue weighted by Gasteiger charge is 2.36. The molecule has 0 aliphatic carbocycles. The van der Waals surface area contributed by atoms with Crippen molar-refractivity contribution < 1.29 is 19.1 Å². The van der Waals surface area contributed by atoms with Gasteiger partial charge in [0.05, 0.1) is 11.3 Å². The highest BCUT2D eigenvalue weighted by molar-refractivity contribution is 5.88. The van der Waals surface area contributed by atoms with E-state index in [-0.39, 0.29) is 5.41 Å². The maximum atomic E-state index is 12.8. The van der Waals surface area contributed by atoms with Gasteiger partial charge in [0.15, 0.2) is 6.10 Å². The smallest absolute Gasteiger partial charge is 0.337 e. The lowest BCUT2D eigenvalue weighted by molar-refractivity contribution is -0.160. The highest BCUT2D eigenvalue weighted by Crippen LogP contribution is 2.45. The number of carboxylic acids is 1. The number of ether oxygens (including phenoxy) is 1. The van der Waals surface area contributed by atoms with E-state index < -0.39 is 17.7 Å². The Morgan fingerprint density at radius 2 is 1.72 bits per heavy atom. The maximum absolute atomic E-state index is 12.8. The Bertz CT molecular complexity index is 1800. The second-order valence-corrected chi connectivity index (χ2v) is 14.6. The van der Waals surface area contributed by atoms with E-state index in [1.807, 2.05) is 40.7 Å². The van der Waals surface area contributed by atoms with Crippen molar-refractivity contribution in [2.75, 3.05) is 29.4 Å². The Morgan fingerprint density at radius 1 is 0.979 bits per heavy atom. The van der Waals surface area contributed by atoms with Gasteiger partial charge in [-0.05, 0) is 76.0 Å². The third-order valence-corrected chi connectivity index (χ3v) is 9.20. The normalized spacial score (nSPS) is 17.0. The van der Waals surface area contributed by atoms with Crippen LogP contribution in [0.1, 0.15) is 87.5 Å². The zero-order valence-corrected chi connectivity index (χ0v) is 28.7. The Labute approximate surface area is 276 Å². The molecule has 4 aromatic rings. The highest BCUT2D eigenvalue weighted by atomic mass is 16.5. The number of aliphatic carboxylic acids is 1. The minimum absolute atomic E-state index is 0.231. The summed E-state index contributed by atoms with van der Waals surface area (Å²) in [6.07, 6.45) is 3.24. The SMILES string of the molecule is Cc1nnc(-c2cc(N3CCc4cc(-c5c(C)nc(C)c([C@H](OC(C)(C)C)C(=O)O)c5N5CCC(C)(C)CC5)ccc4C3)ncn2)o1. The van der Waals surface area contributed by atoms with E-state index in [1.54, 1.807) is 6.92 Å². The maximum Gasteiger partial charge on any atom is 0.337 e. The number of benzene rings is 1. The molecule has 11 heteroatoms. The molecule has 6 rings (SSSR count).